The molecule has 0 aliphatic heterocycles. The van der Waals surface area contributed by atoms with Crippen molar-refractivity contribution in [1.82, 2.24) is 10.2 Å². The van der Waals surface area contributed by atoms with Crippen molar-refractivity contribution in [3.05, 3.63) is 29.8 Å². The van der Waals surface area contributed by atoms with Crippen molar-refractivity contribution in [2.24, 2.45) is 0 Å². The molecule has 1 rings (SSSR count). The van der Waals surface area contributed by atoms with E-state index in [2.05, 4.69) is 10.6 Å². The SMILES string of the molecule is CC(C)NC(=O)CN(C)[C@H](C)C(=O)Nc1cccc(C(F)(F)F)c1. The van der Waals surface area contributed by atoms with Gasteiger partial charge in [-0.2, -0.15) is 13.2 Å². The fraction of sp³-hybridized carbons (Fsp3) is 0.500. The minimum atomic E-state index is -4.47. The van der Waals surface area contributed by atoms with Gasteiger partial charge < -0.3 is 10.6 Å². The first-order valence-electron chi connectivity index (χ1n) is 7.48. The highest BCUT2D eigenvalue weighted by molar-refractivity contribution is 5.95. The lowest BCUT2D eigenvalue weighted by atomic mass is 10.2. The fourth-order valence-electron chi connectivity index (χ4n) is 1.95. The maximum atomic E-state index is 12.7. The normalized spacial score (nSPS) is 13.0. The molecule has 0 radical (unpaired) electrons. The van der Waals surface area contributed by atoms with Crippen LogP contribution in [0.2, 0.25) is 0 Å². The predicted molar refractivity (Wildman–Crippen MR) is 85.4 cm³/mol. The van der Waals surface area contributed by atoms with Crippen molar-refractivity contribution in [2.45, 2.75) is 39.0 Å². The van der Waals surface area contributed by atoms with E-state index < -0.39 is 23.7 Å². The van der Waals surface area contributed by atoms with Crippen LogP contribution in [0.25, 0.3) is 0 Å². The number of likely N-dealkylation sites (N-methyl/N-ethyl adjacent to an activating group) is 1. The average Bonchev–Trinajstić information content (AvgIpc) is 2.44. The standard InChI is InChI=1S/C16H22F3N3O2/c1-10(2)20-14(23)9-22(4)11(3)15(24)21-13-7-5-6-12(8-13)16(17,18)19/h5-8,10-11H,9H2,1-4H3,(H,20,23)(H,21,24)/t11-/m1/s1. The van der Waals surface area contributed by atoms with Crippen molar-refractivity contribution in [1.29, 1.82) is 0 Å². The summed E-state index contributed by atoms with van der Waals surface area (Å²) in [6.45, 7) is 5.23. The lowest BCUT2D eigenvalue weighted by Crippen LogP contribution is -2.46. The molecule has 0 spiro atoms. The van der Waals surface area contributed by atoms with E-state index in [1.807, 2.05) is 13.8 Å². The number of nitrogens with one attached hydrogen (secondary N) is 2. The van der Waals surface area contributed by atoms with Crippen LogP contribution < -0.4 is 10.6 Å². The van der Waals surface area contributed by atoms with Crippen LogP contribution in [0.15, 0.2) is 24.3 Å². The number of alkyl halides is 3. The molecular weight excluding hydrogens is 323 g/mol. The molecule has 0 saturated heterocycles. The highest BCUT2D eigenvalue weighted by atomic mass is 19.4. The molecule has 0 fully saturated rings. The summed E-state index contributed by atoms with van der Waals surface area (Å²) in [6, 6.07) is 3.71. The summed E-state index contributed by atoms with van der Waals surface area (Å²) < 4.78 is 38.0. The van der Waals surface area contributed by atoms with E-state index in [1.165, 1.54) is 17.0 Å². The Labute approximate surface area is 139 Å². The molecule has 134 valence electrons. The maximum absolute atomic E-state index is 12.7. The second kappa shape index (κ2) is 8.14. The van der Waals surface area contributed by atoms with E-state index in [0.29, 0.717) is 0 Å². The van der Waals surface area contributed by atoms with Gasteiger partial charge in [-0.1, -0.05) is 6.07 Å². The summed E-state index contributed by atoms with van der Waals surface area (Å²) in [7, 11) is 1.59. The number of hydrogen-bond acceptors (Lipinski definition) is 3. The molecule has 0 aliphatic carbocycles. The molecule has 0 aliphatic rings. The Morgan fingerprint density at radius 1 is 1.21 bits per heavy atom. The Balaban J connectivity index is 2.68. The number of halogens is 3. The van der Waals surface area contributed by atoms with E-state index in [9.17, 15) is 22.8 Å². The van der Waals surface area contributed by atoms with Crippen molar-refractivity contribution < 1.29 is 22.8 Å². The highest BCUT2D eigenvalue weighted by Gasteiger charge is 2.30. The number of amides is 2. The van der Waals surface area contributed by atoms with Crippen molar-refractivity contribution in [3.8, 4) is 0 Å². The summed E-state index contributed by atoms with van der Waals surface area (Å²) in [6.07, 6.45) is -4.47. The number of anilines is 1. The highest BCUT2D eigenvalue weighted by Crippen LogP contribution is 2.30. The molecule has 8 heteroatoms. The van der Waals surface area contributed by atoms with E-state index >= 15 is 0 Å². The number of rotatable bonds is 6. The Morgan fingerprint density at radius 3 is 2.38 bits per heavy atom. The summed E-state index contributed by atoms with van der Waals surface area (Å²) >= 11 is 0. The van der Waals surface area contributed by atoms with Crippen LogP contribution in [-0.2, 0) is 15.8 Å². The topological polar surface area (TPSA) is 61.4 Å². The first-order chi connectivity index (χ1) is 11.0. The molecule has 5 nitrogen and oxygen atoms in total. The van der Waals surface area contributed by atoms with E-state index in [4.69, 9.17) is 0 Å². The largest absolute Gasteiger partial charge is 0.416 e. The monoisotopic (exact) mass is 345 g/mol. The molecule has 0 bridgehead atoms. The molecule has 1 aromatic rings. The smallest absolute Gasteiger partial charge is 0.353 e. The van der Waals surface area contributed by atoms with Gasteiger partial charge in [0.25, 0.3) is 0 Å². The van der Waals surface area contributed by atoms with Gasteiger partial charge in [-0.15, -0.1) is 0 Å². The van der Waals surface area contributed by atoms with Gasteiger partial charge >= 0.3 is 6.18 Å². The minimum absolute atomic E-state index is 0.00928. The number of benzene rings is 1. The predicted octanol–water partition coefficient (Wildman–Crippen LogP) is 2.49. The molecule has 1 atom stereocenters. The number of carbonyl (C=O) groups is 2. The van der Waals surface area contributed by atoms with Crippen LogP contribution in [0.1, 0.15) is 26.3 Å². The number of hydrogen-bond donors (Lipinski definition) is 2. The van der Waals surface area contributed by atoms with E-state index in [1.54, 1.807) is 14.0 Å². The van der Waals surface area contributed by atoms with E-state index in [0.717, 1.165) is 12.1 Å². The lowest BCUT2D eigenvalue weighted by molar-refractivity contribution is -0.137. The van der Waals surface area contributed by atoms with Crippen molar-refractivity contribution >= 4 is 17.5 Å². The van der Waals surface area contributed by atoms with Gasteiger partial charge in [-0.3, -0.25) is 14.5 Å². The summed E-state index contributed by atoms with van der Waals surface area (Å²) in [4.78, 5) is 25.4. The van der Waals surface area contributed by atoms with Gasteiger partial charge in [-0.05, 0) is 46.0 Å². The first-order valence-corrected chi connectivity index (χ1v) is 7.48. The van der Waals surface area contributed by atoms with Crippen molar-refractivity contribution in [2.75, 3.05) is 18.9 Å². The minimum Gasteiger partial charge on any atom is -0.353 e. The second-order valence-corrected chi connectivity index (χ2v) is 5.88. The second-order valence-electron chi connectivity index (χ2n) is 5.88. The third-order valence-electron chi connectivity index (χ3n) is 3.34. The molecule has 0 heterocycles. The molecule has 0 unspecified atom stereocenters. The van der Waals surface area contributed by atoms with Gasteiger partial charge in [0.15, 0.2) is 0 Å². The van der Waals surface area contributed by atoms with Crippen molar-refractivity contribution in [3.63, 3.8) is 0 Å². The average molecular weight is 345 g/mol. The van der Waals surface area contributed by atoms with Gasteiger partial charge in [-0.25, -0.2) is 0 Å². The molecule has 24 heavy (non-hydrogen) atoms. The quantitative estimate of drug-likeness (QED) is 0.833. The summed E-state index contributed by atoms with van der Waals surface area (Å²) in [5.41, 5.74) is -0.778. The first kappa shape index (κ1) is 20.0. The van der Waals surface area contributed by atoms with Crippen LogP contribution in [0.5, 0.6) is 0 Å². The Kier molecular flexibility index (Phi) is 6.77. The van der Waals surface area contributed by atoms with E-state index in [-0.39, 0.29) is 24.2 Å². The van der Waals surface area contributed by atoms with Crippen LogP contribution in [-0.4, -0.2) is 42.4 Å². The Bertz CT molecular complexity index is 588. The maximum Gasteiger partial charge on any atom is 0.416 e. The third kappa shape index (κ3) is 6.19. The zero-order chi connectivity index (χ0) is 18.5. The van der Waals surface area contributed by atoms with Crippen LogP contribution in [0.4, 0.5) is 18.9 Å². The lowest BCUT2D eigenvalue weighted by Gasteiger charge is -2.24. The molecular formula is C16H22F3N3O2. The van der Waals surface area contributed by atoms with Crippen LogP contribution in [0, 0.1) is 0 Å². The zero-order valence-corrected chi connectivity index (χ0v) is 14.1. The van der Waals surface area contributed by atoms with Gasteiger partial charge in [0.05, 0.1) is 18.2 Å². The van der Waals surface area contributed by atoms with Gasteiger partial charge in [0.2, 0.25) is 11.8 Å². The zero-order valence-electron chi connectivity index (χ0n) is 14.1. The Morgan fingerprint density at radius 2 is 1.83 bits per heavy atom. The number of nitrogens with zero attached hydrogens (tertiary/aromatic N) is 1. The van der Waals surface area contributed by atoms with Crippen LogP contribution >= 0.6 is 0 Å². The molecule has 0 saturated carbocycles. The molecule has 1 aromatic carbocycles. The fourth-order valence-corrected chi connectivity index (χ4v) is 1.95. The van der Waals surface area contributed by atoms with Gasteiger partial charge in [0.1, 0.15) is 0 Å². The summed E-state index contributed by atoms with van der Waals surface area (Å²) in [5, 5.41) is 5.14. The van der Waals surface area contributed by atoms with Gasteiger partial charge in [0, 0.05) is 11.7 Å². The summed E-state index contributed by atoms with van der Waals surface area (Å²) in [5.74, 6) is -0.722. The number of carbonyl (C=O) groups excluding carboxylic acids is 2. The van der Waals surface area contributed by atoms with Crippen LogP contribution in [0.3, 0.4) is 0 Å². The Hall–Kier alpha value is -2.09. The third-order valence-corrected chi connectivity index (χ3v) is 3.34. The molecule has 0 aromatic heterocycles. The molecule has 2 amide bonds. The molecule has 2 N–H and O–H groups in total.